The number of rotatable bonds is 3. The first kappa shape index (κ1) is 18.7. The topological polar surface area (TPSA) is 44.4 Å². The van der Waals surface area contributed by atoms with Gasteiger partial charge in [-0.1, -0.05) is 45.4 Å². The third-order valence-corrected chi connectivity index (χ3v) is 2.64. The molecule has 0 atom stereocenters. The van der Waals surface area contributed by atoms with Gasteiger partial charge in [0.1, 0.15) is 0 Å². The SMILES string of the molecule is CC.CC(C)CNC=O.CN1Cc2ccc(Cl)cc2N1. The van der Waals surface area contributed by atoms with E-state index in [2.05, 4.69) is 24.6 Å². The fraction of sp³-hybridized carbons (Fsp3) is 0.533. The van der Waals surface area contributed by atoms with E-state index in [0.717, 1.165) is 30.2 Å². The number of nitrogens with zero attached hydrogens (tertiary/aromatic N) is 1. The van der Waals surface area contributed by atoms with E-state index in [1.807, 2.05) is 44.1 Å². The van der Waals surface area contributed by atoms with E-state index in [1.165, 1.54) is 5.56 Å². The molecule has 1 aromatic rings. The fourth-order valence-electron chi connectivity index (χ4n) is 1.58. The molecule has 0 aliphatic carbocycles. The summed E-state index contributed by atoms with van der Waals surface area (Å²) in [5.74, 6) is 0.560. The van der Waals surface area contributed by atoms with E-state index in [4.69, 9.17) is 11.6 Å². The highest BCUT2D eigenvalue weighted by Gasteiger charge is 2.13. The number of fused-ring (bicyclic) bond motifs is 1. The molecule has 0 fully saturated rings. The summed E-state index contributed by atoms with van der Waals surface area (Å²) in [6.07, 6.45) is 0.722. The summed E-state index contributed by atoms with van der Waals surface area (Å²) in [6, 6.07) is 5.91. The second kappa shape index (κ2) is 10.5. The number of hydrazine groups is 1. The third-order valence-electron chi connectivity index (χ3n) is 2.40. The van der Waals surface area contributed by atoms with Crippen LogP contribution in [0.2, 0.25) is 5.02 Å². The molecule has 1 amide bonds. The minimum atomic E-state index is 0.560. The highest BCUT2D eigenvalue weighted by molar-refractivity contribution is 6.30. The molecule has 2 N–H and O–H groups in total. The van der Waals surface area contributed by atoms with Gasteiger partial charge in [-0.2, -0.15) is 0 Å². The van der Waals surface area contributed by atoms with Crippen LogP contribution in [0.15, 0.2) is 18.2 Å². The van der Waals surface area contributed by atoms with Gasteiger partial charge in [0, 0.05) is 25.2 Å². The largest absolute Gasteiger partial charge is 0.358 e. The summed E-state index contributed by atoms with van der Waals surface area (Å²) in [5.41, 5.74) is 5.61. The summed E-state index contributed by atoms with van der Waals surface area (Å²) < 4.78 is 0. The van der Waals surface area contributed by atoms with Crippen LogP contribution >= 0.6 is 11.6 Å². The number of hydrogen-bond donors (Lipinski definition) is 2. The van der Waals surface area contributed by atoms with Crippen LogP contribution in [-0.4, -0.2) is 25.0 Å². The van der Waals surface area contributed by atoms with Crippen LogP contribution < -0.4 is 10.7 Å². The molecular formula is C15H26ClN3O. The third kappa shape index (κ3) is 7.36. The zero-order valence-electron chi connectivity index (χ0n) is 13.0. The Morgan fingerprint density at radius 3 is 2.60 bits per heavy atom. The first-order chi connectivity index (χ1) is 9.52. The fourth-order valence-corrected chi connectivity index (χ4v) is 1.75. The van der Waals surface area contributed by atoms with Crippen LogP contribution in [-0.2, 0) is 11.3 Å². The van der Waals surface area contributed by atoms with E-state index >= 15 is 0 Å². The van der Waals surface area contributed by atoms with Gasteiger partial charge < -0.3 is 10.7 Å². The molecule has 0 bridgehead atoms. The average molecular weight is 300 g/mol. The average Bonchev–Trinajstić information content (AvgIpc) is 2.78. The van der Waals surface area contributed by atoms with Gasteiger partial charge in [0.05, 0.1) is 5.69 Å². The highest BCUT2D eigenvalue weighted by Crippen LogP contribution is 2.26. The maximum atomic E-state index is 9.60. The van der Waals surface area contributed by atoms with Gasteiger partial charge in [0.15, 0.2) is 0 Å². The summed E-state index contributed by atoms with van der Waals surface area (Å²) in [4.78, 5) is 9.60. The maximum Gasteiger partial charge on any atom is 0.207 e. The number of benzene rings is 1. The summed E-state index contributed by atoms with van der Waals surface area (Å²) in [7, 11) is 2.01. The number of nitrogens with one attached hydrogen (secondary N) is 2. The zero-order chi connectivity index (χ0) is 15.5. The molecule has 0 unspecified atom stereocenters. The van der Waals surface area contributed by atoms with Crippen LogP contribution in [0.25, 0.3) is 0 Å². The van der Waals surface area contributed by atoms with Crippen molar-refractivity contribution in [1.29, 1.82) is 0 Å². The lowest BCUT2D eigenvalue weighted by Crippen LogP contribution is -2.16. The first-order valence-corrected chi connectivity index (χ1v) is 7.34. The molecule has 2 rings (SSSR count). The monoisotopic (exact) mass is 299 g/mol. The molecule has 5 heteroatoms. The Kier molecular flexibility index (Phi) is 9.86. The van der Waals surface area contributed by atoms with Crippen LogP contribution in [0.4, 0.5) is 5.69 Å². The lowest BCUT2D eigenvalue weighted by atomic mass is 10.2. The number of carbonyl (C=O) groups is 1. The second-order valence-corrected chi connectivity index (χ2v) is 5.13. The first-order valence-electron chi connectivity index (χ1n) is 6.96. The minimum Gasteiger partial charge on any atom is -0.358 e. The van der Waals surface area contributed by atoms with Crippen molar-refractivity contribution in [3.63, 3.8) is 0 Å². The lowest BCUT2D eigenvalue weighted by Gasteiger charge is -2.06. The van der Waals surface area contributed by atoms with Gasteiger partial charge in [-0.3, -0.25) is 4.79 Å². The van der Waals surface area contributed by atoms with Crippen LogP contribution in [0.1, 0.15) is 33.3 Å². The summed E-state index contributed by atoms with van der Waals surface area (Å²) in [6.45, 7) is 9.84. The van der Waals surface area contributed by atoms with Crippen molar-refractivity contribution >= 4 is 23.7 Å². The summed E-state index contributed by atoms with van der Waals surface area (Å²) >= 11 is 5.81. The Morgan fingerprint density at radius 2 is 2.10 bits per heavy atom. The molecule has 0 radical (unpaired) electrons. The number of carbonyl (C=O) groups excluding carboxylic acids is 1. The van der Waals surface area contributed by atoms with Crippen LogP contribution in [0, 0.1) is 5.92 Å². The van der Waals surface area contributed by atoms with Crippen molar-refractivity contribution in [2.75, 3.05) is 19.0 Å². The number of halogens is 1. The lowest BCUT2D eigenvalue weighted by molar-refractivity contribution is -0.109. The van der Waals surface area contributed by atoms with Gasteiger partial charge in [-0.15, -0.1) is 0 Å². The molecule has 0 saturated heterocycles. The molecule has 0 spiro atoms. The Labute approximate surface area is 127 Å². The second-order valence-electron chi connectivity index (χ2n) is 4.69. The van der Waals surface area contributed by atoms with Gasteiger partial charge in [-0.25, -0.2) is 5.01 Å². The van der Waals surface area contributed by atoms with Crippen molar-refractivity contribution in [2.24, 2.45) is 5.92 Å². The number of anilines is 1. The van der Waals surface area contributed by atoms with Gasteiger partial charge in [0.25, 0.3) is 0 Å². The summed E-state index contributed by atoms with van der Waals surface area (Å²) in [5, 5.41) is 5.38. The number of amides is 1. The normalized spacial score (nSPS) is 12.3. The van der Waals surface area contributed by atoms with Crippen molar-refractivity contribution in [3.8, 4) is 0 Å². The van der Waals surface area contributed by atoms with Crippen molar-refractivity contribution in [3.05, 3.63) is 28.8 Å². The van der Waals surface area contributed by atoms with Crippen molar-refractivity contribution in [1.82, 2.24) is 10.3 Å². The minimum absolute atomic E-state index is 0.560. The van der Waals surface area contributed by atoms with Crippen LogP contribution in [0.5, 0.6) is 0 Å². The van der Waals surface area contributed by atoms with Crippen molar-refractivity contribution < 1.29 is 4.79 Å². The molecule has 0 aromatic heterocycles. The van der Waals surface area contributed by atoms with E-state index in [1.54, 1.807) is 0 Å². The van der Waals surface area contributed by atoms with Gasteiger partial charge in [0.2, 0.25) is 6.41 Å². The highest BCUT2D eigenvalue weighted by atomic mass is 35.5. The van der Waals surface area contributed by atoms with Crippen molar-refractivity contribution in [2.45, 2.75) is 34.2 Å². The molecule has 20 heavy (non-hydrogen) atoms. The molecule has 4 nitrogen and oxygen atoms in total. The Morgan fingerprint density at radius 1 is 1.45 bits per heavy atom. The molecular weight excluding hydrogens is 274 g/mol. The standard InChI is InChI=1S/C8H9ClN2.C5H11NO.C2H6/c1-11-5-6-2-3-7(9)4-8(6)10-11;1-5(2)3-6-4-7;1-2/h2-4,10H,5H2,1H3;4-5H,3H2,1-2H3,(H,6,7);1-2H3. The Bertz CT molecular complexity index is 397. The van der Waals surface area contributed by atoms with E-state index in [9.17, 15) is 4.79 Å². The molecule has 0 saturated carbocycles. The number of hydrogen-bond acceptors (Lipinski definition) is 3. The predicted octanol–water partition coefficient (Wildman–Crippen LogP) is 3.53. The van der Waals surface area contributed by atoms with E-state index < -0.39 is 0 Å². The Balaban J connectivity index is 0.000000352. The molecule has 1 heterocycles. The molecule has 1 aromatic carbocycles. The van der Waals surface area contributed by atoms with E-state index in [-0.39, 0.29) is 0 Å². The van der Waals surface area contributed by atoms with Gasteiger partial charge >= 0.3 is 0 Å². The van der Waals surface area contributed by atoms with Gasteiger partial charge in [-0.05, 0) is 23.6 Å². The van der Waals surface area contributed by atoms with Crippen LogP contribution in [0.3, 0.4) is 0 Å². The maximum absolute atomic E-state index is 9.60. The molecule has 1 aliphatic heterocycles. The predicted molar refractivity (Wildman–Crippen MR) is 86.8 cm³/mol. The molecule has 1 aliphatic rings. The molecule has 114 valence electrons. The van der Waals surface area contributed by atoms with E-state index in [0.29, 0.717) is 5.92 Å². The Hall–Kier alpha value is -1.26. The zero-order valence-corrected chi connectivity index (χ0v) is 13.8. The smallest absolute Gasteiger partial charge is 0.207 e. The quantitative estimate of drug-likeness (QED) is 0.839.